The molecule has 4 nitrogen and oxygen atoms in total. The van der Waals surface area contributed by atoms with Crippen LogP contribution in [0.3, 0.4) is 0 Å². The fourth-order valence-electron chi connectivity index (χ4n) is 2.18. The highest BCUT2D eigenvalue weighted by molar-refractivity contribution is 4.66. The molecule has 1 saturated carbocycles. The fraction of sp³-hybridized carbons (Fsp3) is 1.00. The van der Waals surface area contributed by atoms with Crippen LogP contribution in [0.5, 0.6) is 0 Å². The smallest absolute Gasteiger partial charge is 0.0920 e. The van der Waals surface area contributed by atoms with Gasteiger partial charge < -0.3 is 9.84 Å². The Morgan fingerprint density at radius 2 is 2.00 bits per heavy atom. The number of ether oxygens (including phenoxy) is 1. The van der Waals surface area contributed by atoms with Crippen molar-refractivity contribution in [3.63, 3.8) is 0 Å². The van der Waals surface area contributed by atoms with E-state index in [0.717, 1.165) is 25.9 Å². The minimum atomic E-state index is -0.474. The third-order valence-corrected chi connectivity index (χ3v) is 3.32. The van der Waals surface area contributed by atoms with E-state index in [1.165, 1.54) is 32.1 Å². The summed E-state index contributed by atoms with van der Waals surface area (Å²) in [5, 5.41) is 9.66. The van der Waals surface area contributed by atoms with E-state index in [1.807, 2.05) is 0 Å². The van der Waals surface area contributed by atoms with E-state index < -0.39 is 6.10 Å². The number of unbranched alkanes of at least 4 members (excludes halogenated alkanes) is 3. The van der Waals surface area contributed by atoms with Crippen LogP contribution in [-0.2, 0) is 9.57 Å². The first-order valence-electron chi connectivity index (χ1n) is 7.47. The van der Waals surface area contributed by atoms with Crippen LogP contribution >= 0.6 is 0 Å². The molecule has 0 spiro atoms. The van der Waals surface area contributed by atoms with Gasteiger partial charge in [0.1, 0.15) is 0 Å². The lowest BCUT2D eigenvalue weighted by Crippen LogP contribution is -2.33. The molecule has 0 aromatic rings. The Labute approximate surface area is 111 Å². The predicted molar refractivity (Wildman–Crippen MR) is 72.3 cm³/mol. The first-order chi connectivity index (χ1) is 8.83. The van der Waals surface area contributed by atoms with Crippen molar-refractivity contribution >= 4 is 0 Å². The highest BCUT2D eigenvalue weighted by Gasteiger charge is 2.15. The van der Waals surface area contributed by atoms with Crippen molar-refractivity contribution in [1.82, 2.24) is 5.48 Å². The largest absolute Gasteiger partial charge is 0.389 e. The molecule has 1 aliphatic carbocycles. The minimum Gasteiger partial charge on any atom is -0.389 e. The second-order valence-corrected chi connectivity index (χ2v) is 5.16. The van der Waals surface area contributed by atoms with Gasteiger partial charge in [-0.1, -0.05) is 39.0 Å². The molecule has 0 bridgehead atoms. The number of aliphatic hydroxyl groups excluding tert-OH is 1. The van der Waals surface area contributed by atoms with E-state index in [1.54, 1.807) is 0 Å². The van der Waals surface area contributed by atoms with Gasteiger partial charge in [-0.15, -0.1) is 0 Å². The molecule has 18 heavy (non-hydrogen) atoms. The van der Waals surface area contributed by atoms with Gasteiger partial charge in [0.2, 0.25) is 0 Å². The van der Waals surface area contributed by atoms with Crippen LogP contribution < -0.4 is 5.48 Å². The van der Waals surface area contributed by atoms with Crippen LogP contribution in [-0.4, -0.2) is 37.1 Å². The highest BCUT2D eigenvalue weighted by atomic mass is 16.7. The second-order valence-electron chi connectivity index (χ2n) is 5.16. The van der Waals surface area contributed by atoms with Gasteiger partial charge in [-0.2, -0.15) is 5.48 Å². The van der Waals surface area contributed by atoms with E-state index in [4.69, 9.17) is 9.57 Å². The van der Waals surface area contributed by atoms with Crippen molar-refractivity contribution in [2.75, 3.05) is 19.8 Å². The fourth-order valence-corrected chi connectivity index (χ4v) is 2.18. The van der Waals surface area contributed by atoms with Gasteiger partial charge >= 0.3 is 0 Å². The molecule has 0 saturated heterocycles. The van der Waals surface area contributed by atoms with Gasteiger partial charge in [0.25, 0.3) is 0 Å². The summed E-state index contributed by atoms with van der Waals surface area (Å²) in [5.74, 6) is 0. The summed E-state index contributed by atoms with van der Waals surface area (Å²) >= 11 is 0. The molecule has 0 aromatic heterocycles. The topological polar surface area (TPSA) is 50.7 Å². The summed E-state index contributed by atoms with van der Waals surface area (Å²) in [5.41, 5.74) is 2.86. The molecule has 4 heteroatoms. The first-order valence-corrected chi connectivity index (χ1v) is 7.47. The molecule has 0 radical (unpaired) electrons. The average molecular weight is 259 g/mol. The molecule has 0 aromatic carbocycles. The Hall–Kier alpha value is -0.160. The van der Waals surface area contributed by atoms with Crippen molar-refractivity contribution < 1.29 is 14.7 Å². The summed E-state index contributed by atoms with van der Waals surface area (Å²) < 4.78 is 5.42. The molecule has 1 aliphatic rings. The minimum absolute atomic E-state index is 0.340. The SMILES string of the molecule is CCCCCCOCC(O)CNOC1CCCC1. The standard InChI is InChI=1S/C14H29NO3/c1-2-3-4-7-10-17-12-13(16)11-15-18-14-8-5-6-9-14/h13-16H,2-12H2,1H3. The monoisotopic (exact) mass is 259 g/mol. The molecule has 0 amide bonds. The molecular weight excluding hydrogens is 230 g/mol. The van der Waals surface area contributed by atoms with Gasteiger partial charge in [-0.05, 0) is 19.3 Å². The lowest BCUT2D eigenvalue weighted by Gasteiger charge is -2.15. The first kappa shape index (κ1) is 15.9. The van der Waals surface area contributed by atoms with Crippen LogP contribution in [0.25, 0.3) is 0 Å². The molecule has 1 rings (SSSR count). The zero-order valence-electron chi connectivity index (χ0n) is 11.7. The number of hydrogen-bond donors (Lipinski definition) is 2. The van der Waals surface area contributed by atoms with Crippen LogP contribution in [0.4, 0.5) is 0 Å². The number of nitrogens with one attached hydrogen (secondary N) is 1. The van der Waals surface area contributed by atoms with E-state index in [-0.39, 0.29) is 0 Å². The van der Waals surface area contributed by atoms with E-state index in [9.17, 15) is 5.11 Å². The van der Waals surface area contributed by atoms with Crippen LogP contribution in [0.2, 0.25) is 0 Å². The van der Waals surface area contributed by atoms with Gasteiger partial charge in [0.15, 0.2) is 0 Å². The summed E-state index contributed by atoms with van der Waals surface area (Å²) in [6.07, 6.45) is 9.47. The van der Waals surface area contributed by atoms with E-state index in [2.05, 4.69) is 12.4 Å². The van der Waals surface area contributed by atoms with Gasteiger partial charge in [-0.3, -0.25) is 4.84 Å². The molecule has 1 fully saturated rings. The van der Waals surface area contributed by atoms with Crippen molar-refractivity contribution in [1.29, 1.82) is 0 Å². The molecule has 0 heterocycles. The van der Waals surface area contributed by atoms with E-state index in [0.29, 0.717) is 19.3 Å². The Bertz CT molecular complexity index is 184. The Morgan fingerprint density at radius 1 is 1.22 bits per heavy atom. The molecule has 1 unspecified atom stereocenters. The zero-order valence-corrected chi connectivity index (χ0v) is 11.7. The third kappa shape index (κ3) is 8.03. The van der Waals surface area contributed by atoms with Crippen molar-refractivity contribution in [3.05, 3.63) is 0 Å². The van der Waals surface area contributed by atoms with Crippen LogP contribution in [0.1, 0.15) is 58.3 Å². The summed E-state index contributed by atoms with van der Waals surface area (Å²) in [6, 6.07) is 0. The van der Waals surface area contributed by atoms with Gasteiger partial charge in [-0.25, -0.2) is 0 Å². The van der Waals surface area contributed by atoms with Crippen molar-refractivity contribution in [2.24, 2.45) is 0 Å². The number of hydroxylamine groups is 1. The summed E-state index contributed by atoms with van der Waals surface area (Å²) in [7, 11) is 0. The molecule has 2 N–H and O–H groups in total. The Morgan fingerprint density at radius 3 is 2.72 bits per heavy atom. The quantitative estimate of drug-likeness (QED) is 0.442. The lowest BCUT2D eigenvalue weighted by molar-refractivity contribution is -0.0498. The van der Waals surface area contributed by atoms with Gasteiger partial charge in [0.05, 0.1) is 18.8 Å². The zero-order chi connectivity index (χ0) is 13.1. The Balaban J connectivity index is 1.82. The summed E-state index contributed by atoms with van der Waals surface area (Å²) in [6.45, 7) is 3.79. The maximum Gasteiger partial charge on any atom is 0.0920 e. The molecule has 0 aliphatic heterocycles. The molecular formula is C14H29NO3. The van der Waals surface area contributed by atoms with Crippen LogP contribution in [0, 0.1) is 0 Å². The maximum atomic E-state index is 9.66. The molecule has 1 atom stereocenters. The maximum absolute atomic E-state index is 9.66. The average Bonchev–Trinajstić information content (AvgIpc) is 2.87. The van der Waals surface area contributed by atoms with E-state index >= 15 is 0 Å². The highest BCUT2D eigenvalue weighted by Crippen LogP contribution is 2.19. The van der Waals surface area contributed by atoms with Crippen molar-refractivity contribution in [3.8, 4) is 0 Å². The van der Waals surface area contributed by atoms with Crippen LogP contribution in [0.15, 0.2) is 0 Å². The number of hydrogen-bond acceptors (Lipinski definition) is 4. The predicted octanol–water partition coefficient (Wildman–Crippen LogP) is 2.41. The third-order valence-electron chi connectivity index (χ3n) is 3.32. The van der Waals surface area contributed by atoms with Crippen molar-refractivity contribution in [2.45, 2.75) is 70.5 Å². The lowest BCUT2D eigenvalue weighted by atomic mass is 10.2. The van der Waals surface area contributed by atoms with Gasteiger partial charge in [0, 0.05) is 13.2 Å². The summed E-state index contributed by atoms with van der Waals surface area (Å²) in [4.78, 5) is 5.47. The number of rotatable bonds is 11. The Kier molecular flexibility index (Phi) is 9.48. The number of aliphatic hydroxyl groups is 1. The second kappa shape index (κ2) is 10.7. The normalized spacial score (nSPS) is 18.3. The molecule has 108 valence electrons.